The molecule has 1 aliphatic rings. The molecule has 0 saturated heterocycles. The molecular weight excluding hydrogens is 114 g/mol. The van der Waals surface area contributed by atoms with Gasteiger partial charge in [-0.1, -0.05) is 13.8 Å². The molecule has 0 saturated carbocycles. The maximum absolute atomic E-state index is 5.61. The van der Waals surface area contributed by atoms with Crippen molar-refractivity contribution in [1.29, 1.82) is 0 Å². The smallest absolute Gasteiger partial charge is 0.127 e. The number of amidine groups is 1. The molecule has 3 N–H and O–H groups in total. The predicted octanol–water partition coefficient (Wildman–Crippen LogP) is 0.278. The van der Waals surface area contributed by atoms with Crippen LogP contribution in [0.15, 0.2) is 5.10 Å². The average Bonchev–Trinajstić information content (AvgIpc) is 2.15. The third-order valence-corrected chi connectivity index (χ3v) is 2.07. The second kappa shape index (κ2) is 1.90. The van der Waals surface area contributed by atoms with Crippen molar-refractivity contribution in [3.8, 4) is 0 Å². The van der Waals surface area contributed by atoms with E-state index in [-0.39, 0.29) is 5.41 Å². The van der Waals surface area contributed by atoms with Crippen molar-refractivity contribution in [1.82, 2.24) is 5.43 Å². The standard InChI is InChI=1S/C6H13N3/c1-3-6(2)4-8-9-5(6)7/h8H,3-4H2,1-2H3,(H2,7,9)/t6-/m0/s1. The average molecular weight is 127 g/mol. The third-order valence-electron chi connectivity index (χ3n) is 2.07. The van der Waals surface area contributed by atoms with Crippen LogP contribution in [0.2, 0.25) is 0 Å². The zero-order chi connectivity index (χ0) is 6.91. The fourth-order valence-corrected chi connectivity index (χ4v) is 0.831. The summed E-state index contributed by atoms with van der Waals surface area (Å²) in [4.78, 5) is 0. The topological polar surface area (TPSA) is 50.4 Å². The van der Waals surface area contributed by atoms with Crippen LogP contribution in [-0.4, -0.2) is 12.4 Å². The van der Waals surface area contributed by atoms with Gasteiger partial charge in [-0.25, -0.2) is 0 Å². The van der Waals surface area contributed by atoms with E-state index in [0.717, 1.165) is 18.8 Å². The van der Waals surface area contributed by atoms with Gasteiger partial charge in [0.1, 0.15) is 5.84 Å². The largest absolute Gasteiger partial charge is 0.385 e. The number of nitrogens with one attached hydrogen (secondary N) is 1. The molecule has 0 aromatic carbocycles. The number of hydrazone groups is 1. The Morgan fingerprint density at radius 3 is 2.78 bits per heavy atom. The summed E-state index contributed by atoms with van der Waals surface area (Å²) in [6.07, 6.45) is 1.05. The number of rotatable bonds is 1. The molecule has 1 aliphatic heterocycles. The fourth-order valence-electron chi connectivity index (χ4n) is 0.831. The number of nitrogens with zero attached hydrogens (tertiary/aromatic N) is 1. The summed E-state index contributed by atoms with van der Waals surface area (Å²) in [5.74, 6) is 0.741. The molecule has 0 fully saturated rings. The maximum Gasteiger partial charge on any atom is 0.127 e. The summed E-state index contributed by atoms with van der Waals surface area (Å²) in [5.41, 5.74) is 8.60. The molecule has 0 unspecified atom stereocenters. The first-order valence-electron chi connectivity index (χ1n) is 3.25. The highest BCUT2D eigenvalue weighted by Crippen LogP contribution is 2.22. The Bertz CT molecular complexity index is 141. The van der Waals surface area contributed by atoms with Gasteiger partial charge < -0.3 is 11.2 Å². The summed E-state index contributed by atoms with van der Waals surface area (Å²) in [7, 11) is 0. The van der Waals surface area contributed by atoms with Crippen molar-refractivity contribution >= 4 is 5.84 Å². The molecule has 3 nitrogen and oxygen atoms in total. The molecular formula is C6H13N3. The van der Waals surface area contributed by atoms with E-state index in [4.69, 9.17) is 5.73 Å². The lowest BCUT2D eigenvalue weighted by atomic mass is 9.87. The van der Waals surface area contributed by atoms with Crippen molar-refractivity contribution in [2.45, 2.75) is 20.3 Å². The molecule has 0 bridgehead atoms. The first-order valence-corrected chi connectivity index (χ1v) is 3.25. The monoisotopic (exact) mass is 127 g/mol. The summed E-state index contributed by atoms with van der Waals surface area (Å²) < 4.78 is 0. The predicted molar refractivity (Wildman–Crippen MR) is 38.0 cm³/mol. The zero-order valence-corrected chi connectivity index (χ0v) is 5.94. The molecule has 1 atom stereocenters. The Hall–Kier alpha value is -0.730. The van der Waals surface area contributed by atoms with Crippen LogP contribution in [0.5, 0.6) is 0 Å². The van der Waals surface area contributed by atoms with E-state index in [0.29, 0.717) is 0 Å². The van der Waals surface area contributed by atoms with Crippen molar-refractivity contribution in [3.63, 3.8) is 0 Å². The van der Waals surface area contributed by atoms with Crippen LogP contribution in [0.4, 0.5) is 0 Å². The second-order valence-corrected chi connectivity index (χ2v) is 2.75. The molecule has 52 valence electrons. The van der Waals surface area contributed by atoms with Crippen LogP contribution in [0, 0.1) is 5.41 Å². The van der Waals surface area contributed by atoms with E-state index < -0.39 is 0 Å². The van der Waals surface area contributed by atoms with Crippen LogP contribution < -0.4 is 11.2 Å². The lowest BCUT2D eigenvalue weighted by Gasteiger charge is -2.18. The highest BCUT2D eigenvalue weighted by Gasteiger charge is 2.30. The van der Waals surface area contributed by atoms with Gasteiger partial charge in [0, 0.05) is 12.0 Å². The van der Waals surface area contributed by atoms with E-state index in [2.05, 4.69) is 24.4 Å². The van der Waals surface area contributed by atoms with Gasteiger partial charge in [0.15, 0.2) is 0 Å². The Balaban J connectivity index is 2.70. The normalized spacial score (nSPS) is 33.8. The Morgan fingerprint density at radius 1 is 1.89 bits per heavy atom. The van der Waals surface area contributed by atoms with E-state index in [1.165, 1.54) is 0 Å². The Kier molecular flexibility index (Phi) is 1.35. The summed E-state index contributed by atoms with van der Waals surface area (Å²) in [6, 6.07) is 0. The summed E-state index contributed by atoms with van der Waals surface area (Å²) >= 11 is 0. The minimum atomic E-state index is 0.111. The lowest BCUT2D eigenvalue weighted by Crippen LogP contribution is -2.33. The highest BCUT2D eigenvalue weighted by molar-refractivity contribution is 5.87. The molecule has 0 radical (unpaired) electrons. The lowest BCUT2D eigenvalue weighted by molar-refractivity contribution is 0.452. The van der Waals surface area contributed by atoms with Gasteiger partial charge in [-0.15, -0.1) is 0 Å². The number of hydrogen-bond acceptors (Lipinski definition) is 3. The third kappa shape index (κ3) is 0.866. The minimum absolute atomic E-state index is 0.111. The van der Waals surface area contributed by atoms with Crippen LogP contribution in [0.25, 0.3) is 0 Å². The molecule has 0 aliphatic carbocycles. The molecule has 1 rings (SSSR count). The van der Waals surface area contributed by atoms with Crippen molar-refractivity contribution < 1.29 is 0 Å². The van der Waals surface area contributed by atoms with Gasteiger partial charge in [0.05, 0.1) is 0 Å². The summed E-state index contributed by atoms with van der Waals surface area (Å²) in [5, 5.41) is 3.90. The SMILES string of the molecule is CC[C@@]1(C)CNN=C1N. The van der Waals surface area contributed by atoms with Crippen LogP contribution in [0.3, 0.4) is 0 Å². The second-order valence-electron chi connectivity index (χ2n) is 2.75. The van der Waals surface area contributed by atoms with Crippen LogP contribution >= 0.6 is 0 Å². The zero-order valence-electron chi connectivity index (χ0n) is 5.94. The molecule has 1 heterocycles. The quantitative estimate of drug-likeness (QED) is 0.531. The molecule has 0 aromatic rings. The molecule has 0 aromatic heterocycles. The first-order chi connectivity index (χ1) is 4.19. The Labute approximate surface area is 55.3 Å². The molecule has 3 heteroatoms. The summed E-state index contributed by atoms with van der Waals surface area (Å²) in [6.45, 7) is 5.12. The number of nitrogens with two attached hydrogens (primary N) is 1. The van der Waals surface area contributed by atoms with Gasteiger partial charge in [0.25, 0.3) is 0 Å². The van der Waals surface area contributed by atoms with E-state index in [1.807, 2.05) is 0 Å². The Morgan fingerprint density at radius 2 is 2.56 bits per heavy atom. The van der Waals surface area contributed by atoms with E-state index >= 15 is 0 Å². The van der Waals surface area contributed by atoms with Crippen molar-refractivity contribution in [2.24, 2.45) is 16.3 Å². The van der Waals surface area contributed by atoms with Gasteiger partial charge in [0.2, 0.25) is 0 Å². The van der Waals surface area contributed by atoms with E-state index in [9.17, 15) is 0 Å². The van der Waals surface area contributed by atoms with Gasteiger partial charge in [-0.2, -0.15) is 5.10 Å². The minimum Gasteiger partial charge on any atom is -0.385 e. The maximum atomic E-state index is 5.61. The van der Waals surface area contributed by atoms with E-state index in [1.54, 1.807) is 0 Å². The highest BCUT2D eigenvalue weighted by atomic mass is 15.3. The van der Waals surface area contributed by atoms with Crippen LogP contribution in [0.1, 0.15) is 20.3 Å². The molecule has 9 heavy (non-hydrogen) atoms. The van der Waals surface area contributed by atoms with Gasteiger partial charge >= 0.3 is 0 Å². The van der Waals surface area contributed by atoms with Gasteiger partial charge in [-0.3, -0.25) is 0 Å². The first kappa shape index (κ1) is 6.39. The van der Waals surface area contributed by atoms with Crippen molar-refractivity contribution in [3.05, 3.63) is 0 Å². The molecule has 0 spiro atoms. The van der Waals surface area contributed by atoms with Crippen molar-refractivity contribution in [2.75, 3.05) is 6.54 Å². The van der Waals surface area contributed by atoms with Gasteiger partial charge in [-0.05, 0) is 6.42 Å². The number of hydrogen-bond donors (Lipinski definition) is 2. The fraction of sp³-hybridized carbons (Fsp3) is 0.833. The molecule has 0 amide bonds. The van der Waals surface area contributed by atoms with Crippen LogP contribution in [-0.2, 0) is 0 Å².